The first-order valence-electron chi connectivity index (χ1n) is 6.73. The second kappa shape index (κ2) is 11.8. The number of rotatable bonds is 6. The van der Waals surface area contributed by atoms with Gasteiger partial charge in [0.15, 0.2) is 0 Å². The number of carbonyl (C=O) groups is 1. The van der Waals surface area contributed by atoms with Gasteiger partial charge in [0, 0.05) is 19.0 Å². The van der Waals surface area contributed by atoms with Crippen LogP contribution in [0.2, 0.25) is 0 Å². The van der Waals surface area contributed by atoms with Crippen LogP contribution in [0, 0.1) is 5.92 Å². The molecule has 0 saturated carbocycles. The smallest absolute Gasteiger partial charge is 0.220 e. The summed E-state index contributed by atoms with van der Waals surface area (Å²) in [6.45, 7) is 5.10. The quantitative estimate of drug-likeness (QED) is 0.784. The number of hydrogen-bond acceptors (Lipinski definition) is 3. The van der Waals surface area contributed by atoms with Crippen molar-refractivity contribution >= 4 is 30.7 Å². The zero-order valence-electron chi connectivity index (χ0n) is 12.3. The number of nitrogens with zero attached hydrogens (tertiary/aromatic N) is 1. The minimum absolute atomic E-state index is 0. The summed E-state index contributed by atoms with van der Waals surface area (Å²) in [5.41, 5.74) is 0. The molecule has 2 N–H and O–H groups in total. The fraction of sp³-hybridized carbons (Fsp3) is 0.923. The van der Waals surface area contributed by atoms with Gasteiger partial charge in [-0.3, -0.25) is 4.79 Å². The second-order valence-electron chi connectivity index (χ2n) is 5.35. The Morgan fingerprint density at radius 2 is 1.89 bits per heavy atom. The van der Waals surface area contributed by atoms with Gasteiger partial charge in [-0.25, -0.2) is 0 Å². The van der Waals surface area contributed by atoms with Gasteiger partial charge in [-0.2, -0.15) is 0 Å². The van der Waals surface area contributed by atoms with Crippen molar-refractivity contribution in [1.29, 1.82) is 0 Å². The van der Waals surface area contributed by atoms with Crippen molar-refractivity contribution in [3.63, 3.8) is 0 Å². The molecule has 116 valence electrons. The van der Waals surface area contributed by atoms with Crippen molar-refractivity contribution in [3.8, 4) is 0 Å². The molecule has 1 rings (SSSR count). The van der Waals surface area contributed by atoms with Crippen LogP contribution in [-0.2, 0) is 4.79 Å². The summed E-state index contributed by atoms with van der Waals surface area (Å²) in [5.74, 6) is 0.950. The predicted molar refractivity (Wildman–Crippen MR) is 85.5 cm³/mol. The summed E-state index contributed by atoms with van der Waals surface area (Å²) in [7, 11) is 4.07. The van der Waals surface area contributed by atoms with E-state index in [2.05, 4.69) is 22.5 Å². The Morgan fingerprint density at radius 1 is 1.32 bits per heavy atom. The maximum Gasteiger partial charge on any atom is 0.220 e. The summed E-state index contributed by atoms with van der Waals surface area (Å²) in [4.78, 5) is 13.8. The predicted octanol–water partition coefficient (Wildman–Crippen LogP) is 1.68. The summed E-state index contributed by atoms with van der Waals surface area (Å²) < 4.78 is 0. The molecule has 0 radical (unpaired) electrons. The third kappa shape index (κ3) is 9.50. The molecule has 1 heterocycles. The van der Waals surface area contributed by atoms with Gasteiger partial charge in [-0.1, -0.05) is 0 Å². The molecule has 0 spiro atoms. The summed E-state index contributed by atoms with van der Waals surface area (Å²) in [6, 6.07) is 0.401. The lowest BCUT2D eigenvalue weighted by molar-refractivity contribution is -0.121. The van der Waals surface area contributed by atoms with Gasteiger partial charge >= 0.3 is 0 Å². The highest BCUT2D eigenvalue weighted by Gasteiger charge is 2.14. The van der Waals surface area contributed by atoms with Crippen molar-refractivity contribution in [2.75, 3.05) is 33.7 Å². The lowest BCUT2D eigenvalue weighted by atomic mass is 9.93. The Kier molecular flexibility index (Phi) is 13.2. The van der Waals surface area contributed by atoms with Gasteiger partial charge in [0.25, 0.3) is 0 Å². The Bertz CT molecular complexity index is 234. The highest BCUT2D eigenvalue weighted by atomic mass is 35.5. The lowest BCUT2D eigenvalue weighted by Gasteiger charge is -2.23. The number of likely N-dealkylation sites (N-methyl/N-ethyl adjacent to an activating group) is 1. The van der Waals surface area contributed by atoms with Crippen LogP contribution >= 0.6 is 24.8 Å². The number of nitrogens with one attached hydrogen (secondary N) is 2. The molecule has 0 bridgehead atoms. The minimum Gasteiger partial charge on any atom is -0.355 e. The van der Waals surface area contributed by atoms with Crippen molar-refractivity contribution in [2.45, 2.75) is 38.6 Å². The average Bonchev–Trinajstić information content (AvgIpc) is 2.34. The van der Waals surface area contributed by atoms with Crippen LogP contribution in [0.1, 0.15) is 32.6 Å². The summed E-state index contributed by atoms with van der Waals surface area (Å²) >= 11 is 0. The number of hydrogen-bond donors (Lipinski definition) is 2. The van der Waals surface area contributed by atoms with Crippen LogP contribution in [0.5, 0.6) is 0 Å². The third-order valence-electron chi connectivity index (χ3n) is 3.71. The molecule has 0 aromatic carbocycles. The van der Waals surface area contributed by atoms with Gasteiger partial charge in [0.2, 0.25) is 5.91 Å². The number of piperidine rings is 1. The second-order valence-corrected chi connectivity index (χ2v) is 5.35. The van der Waals surface area contributed by atoms with E-state index in [-0.39, 0.29) is 30.7 Å². The van der Waals surface area contributed by atoms with E-state index in [0.29, 0.717) is 12.5 Å². The van der Waals surface area contributed by atoms with E-state index in [1.165, 1.54) is 12.8 Å². The molecule has 4 nitrogen and oxygen atoms in total. The van der Waals surface area contributed by atoms with Crippen LogP contribution < -0.4 is 10.6 Å². The fourth-order valence-electron chi connectivity index (χ4n) is 2.04. The minimum atomic E-state index is 0. The van der Waals surface area contributed by atoms with Crippen molar-refractivity contribution in [3.05, 3.63) is 0 Å². The SMILES string of the molecule is CC(CNC(=O)CCC1CCNCC1)N(C)C.Cl.Cl. The molecule has 1 amide bonds. The maximum absolute atomic E-state index is 11.7. The van der Waals surface area contributed by atoms with E-state index >= 15 is 0 Å². The highest BCUT2D eigenvalue weighted by molar-refractivity contribution is 5.85. The van der Waals surface area contributed by atoms with Crippen molar-refractivity contribution in [1.82, 2.24) is 15.5 Å². The molecule has 1 aliphatic heterocycles. The number of amides is 1. The average molecular weight is 314 g/mol. The van der Waals surface area contributed by atoms with Crippen molar-refractivity contribution < 1.29 is 4.79 Å². The molecule has 1 aliphatic rings. The molecule has 1 unspecified atom stereocenters. The van der Waals surface area contributed by atoms with Crippen LogP contribution in [0.25, 0.3) is 0 Å². The van der Waals surface area contributed by atoms with Gasteiger partial charge < -0.3 is 15.5 Å². The zero-order chi connectivity index (χ0) is 12.7. The highest BCUT2D eigenvalue weighted by Crippen LogP contribution is 2.17. The molecule has 19 heavy (non-hydrogen) atoms. The van der Waals surface area contributed by atoms with E-state index in [0.717, 1.165) is 32.0 Å². The summed E-state index contributed by atoms with van der Waals surface area (Å²) in [6.07, 6.45) is 4.18. The lowest BCUT2D eigenvalue weighted by Crippen LogP contribution is -2.38. The van der Waals surface area contributed by atoms with E-state index < -0.39 is 0 Å². The standard InChI is InChI=1S/C13H27N3O.2ClH/c1-11(16(2)3)10-15-13(17)5-4-12-6-8-14-9-7-12;;/h11-12,14H,4-10H2,1-3H3,(H,15,17);2*1H. The van der Waals surface area contributed by atoms with Crippen LogP contribution in [-0.4, -0.2) is 50.6 Å². The van der Waals surface area contributed by atoms with E-state index in [4.69, 9.17) is 0 Å². The van der Waals surface area contributed by atoms with E-state index in [9.17, 15) is 4.79 Å². The molecular weight excluding hydrogens is 285 g/mol. The van der Waals surface area contributed by atoms with E-state index in [1.807, 2.05) is 14.1 Å². The monoisotopic (exact) mass is 313 g/mol. The normalized spacial score (nSPS) is 17.3. The topological polar surface area (TPSA) is 44.4 Å². The van der Waals surface area contributed by atoms with E-state index in [1.54, 1.807) is 0 Å². The maximum atomic E-state index is 11.7. The van der Waals surface area contributed by atoms with Gasteiger partial charge in [-0.15, -0.1) is 24.8 Å². The van der Waals surface area contributed by atoms with Gasteiger partial charge in [-0.05, 0) is 59.3 Å². The Morgan fingerprint density at radius 3 is 2.42 bits per heavy atom. The molecule has 0 aromatic heterocycles. The Hall–Kier alpha value is -0.0300. The number of halogens is 2. The molecule has 1 atom stereocenters. The molecular formula is C13H29Cl2N3O. The fourth-order valence-corrected chi connectivity index (χ4v) is 2.04. The first-order valence-corrected chi connectivity index (χ1v) is 6.73. The third-order valence-corrected chi connectivity index (χ3v) is 3.71. The molecule has 1 fully saturated rings. The Labute approximate surface area is 129 Å². The molecule has 6 heteroatoms. The zero-order valence-corrected chi connectivity index (χ0v) is 13.9. The van der Waals surface area contributed by atoms with Crippen LogP contribution in [0.4, 0.5) is 0 Å². The molecule has 0 aromatic rings. The van der Waals surface area contributed by atoms with Gasteiger partial charge in [0.05, 0.1) is 0 Å². The first-order chi connectivity index (χ1) is 8.09. The van der Waals surface area contributed by atoms with Crippen molar-refractivity contribution in [2.24, 2.45) is 5.92 Å². The largest absolute Gasteiger partial charge is 0.355 e. The van der Waals surface area contributed by atoms with Gasteiger partial charge in [0.1, 0.15) is 0 Å². The Balaban J connectivity index is 0. The first kappa shape index (κ1) is 21.3. The van der Waals surface area contributed by atoms with Crippen LogP contribution in [0.15, 0.2) is 0 Å². The van der Waals surface area contributed by atoms with Crippen LogP contribution in [0.3, 0.4) is 0 Å². The molecule has 0 aliphatic carbocycles. The number of carbonyl (C=O) groups excluding carboxylic acids is 1. The summed E-state index contributed by atoms with van der Waals surface area (Å²) in [5, 5.41) is 6.36. The molecule has 1 saturated heterocycles.